The average molecular weight is 167 g/mol. The number of nitrogens with zero attached hydrogens (tertiary/aromatic N) is 1. The van der Waals surface area contributed by atoms with Gasteiger partial charge in [-0.2, -0.15) is 0 Å². The molecule has 0 aliphatic carbocycles. The Morgan fingerprint density at radius 1 is 1.50 bits per heavy atom. The third kappa shape index (κ3) is 2.33. The molecule has 0 atom stereocenters. The molecule has 5 nitrogen and oxygen atoms in total. The predicted octanol–water partition coefficient (Wildman–Crippen LogP) is -0.758. The number of carbonyl (C=O) groups excluding carboxylic acids is 1. The molecule has 0 unspecified atom stereocenters. The van der Waals surface area contributed by atoms with Crippen molar-refractivity contribution in [2.45, 2.75) is 0 Å². The van der Waals surface area contributed by atoms with Crippen LogP contribution >= 0.6 is 0 Å². The molecule has 0 fully saturated rings. The average Bonchev–Trinajstić information content (AvgIpc) is 2.05. The van der Waals surface area contributed by atoms with Gasteiger partial charge in [0.25, 0.3) is 0 Å². The van der Waals surface area contributed by atoms with Crippen LogP contribution in [0.3, 0.4) is 0 Å². The van der Waals surface area contributed by atoms with E-state index >= 15 is 0 Å². The Hall–Kier alpha value is -1.40. The van der Waals surface area contributed by atoms with Crippen molar-refractivity contribution in [3.8, 4) is 5.75 Å². The fraction of sp³-hybridized carbons (Fsp3) is 0. The zero-order chi connectivity index (χ0) is 8.97. The van der Waals surface area contributed by atoms with Crippen LogP contribution in [0.4, 0.5) is 0 Å². The van der Waals surface area contributed by atoms with Crippen LogP contribution < -0.4 is 4.65 Å². The molecule has 0 radical (unpaired) electrons. The summed E-state index contributed by atoms with van der Waals surface area (Å²) < 4.78 is 4.45. The summed E-state index contributed by atoms with van der Waals surface area (Å²) in [6.07, 6.45) is 1.81. The van der Waals surface area contributed by atoms with Gasteiger partial charge in [0.05, 0.1) is 6.20 Å². The SMILES string of the molecule is O=Cc1ccc(OB(O)O)cn1. The standard InChI is InChI=1S/C6H6BNO4/c9-4-5-1-2-6(3-8-5)12-7(10)11/h1-4,10-11H. The first kappa shape index (κ1) is 8.70. The lowest BCUT2D eigenvalue weighted by atomic mass is 10.2. The first-order chi connectivity index (χ1) is 5.72. The first-order valence-electron chi connectivity index (χ1n) is 3.16. The number of hydrogen-bond acceptors (Lipinski definition) is 5. The van der Waals surface area contributed by atoms with E-state index < -0.39 is 7.32 Å². The highest BCUT2D eigenvalue weighted by Gasteiger charge is 2.10. The molecule has 0 aromatic carbocycles. The van der Waals surface area contributed by atoms with Crippen LogP contribution in [0.15, 0.2) is 18.3 Å². The highest BCUT2D eigenvalue weighted by atomic mass is 16.6. The van der Waals surface area contributed by atoms with Crippen molar-refractivity contribution in [2.75, 3.05) is 0 Å². The van der Waals surface area contributed by atoms with Crippen LogP contribution in [0.5, 0.6) is 5.75 Å². The van der Waals surface area contributed by atoms with Gasteiger partial charge < -0.3 is 14.7 Å². The second-order valence-corrected chi connectivity index (χ2v) is 1.98. The number of carbonyl (C=O) groups is 1. The third-order valence-corrected chi connectivity index (χ3v) is 1.12. The molecular formula is C6H6BNO4. The minimum absolute atomic E-state index is 0.190. The zero-order valence-corrected chi connectivity index (χ0v) is 6.04. The number of aldehydes is 1. The summed E-state index contributed by atoms with van der Waals surface area (Å²) in [5, 5.41) is 16.7. The third-order valence-electron chi connectivity index (χ3n) is 1.12. The molecule has 0 aliphatic rings. The molecule has 1 heterocycles. The van der Waals surface area contributed by atoms with E-state index in [4.69, 9.17) is 10.0 Å². The summed E-state index contributed by atoms with van der Waals surface area (Å²) in [6, 6.07) is 2.82. The number of rotatable bonds is 3. The van der Waals surface area contributed by atoms with Crippen LogP contribution in [0.2, 0.25) is 0 Å². The van der Waals surface area contributed by atoms with E-state index in [9.17, 15) is 4.79 Å². The summed E-state index contributed by atoms with van der Waals surface area (Å²) in [7, 11) is -1.87. The molecule has 1 aromatic rings. The Balaban J connectivity index is 2.71. The molecule has 6 heteroatoms. The highest BCUT2D eigenvalue weighted by Crippen LogP contribution is 2.07. The summed E-state index contributed by atoms with van der Waals surface area (Å²) in [6.45, 7) is 0. The molecule has 0 spiro atoms. The topological polar surface area (TPSA) is 79.7 Å². The lowest BCUT2D eigenvalue weighted by molar-refractivity contribution is 0.111. The molecule has 62 valence electrons. The fourth-order valence-corrected chi connectivity index (χ4v) is 0.653. The lowest BCUT2D eigenvalue weighted by Crippen LogP contribution is -2.20. The number of pyridine rings is 1. The van der Waals surface area contributed by atoms with Crippen LogP contribution in [0.25, 0.3) is 0 Å². The van der Waals surface area contributed by atoms with Crippen molar-refractivity contribution in [1.29, 1.82) is 0 Å². The predicted molar refractivity (Wildman–Crippen MR) is 40.4 cm³/mol. The normalized spacial score (nSPS) is 9.17. The zero-order valence-electron chi connectivity index (χ0n) is 6.04. The van der Waals surface area contributed by atoms with E-state index in [1.807, 2.05) is 0 Å². The maximum atomic E-state index is 10.1. The van der Waals surface area contributed by atoms with Gasteiger partial charge in [0, 0.05) is 0 Å². The molecule has 12 heavy (non-hydrogen) atoms. The molecule has 1 aromatic heterocycles. The van der Waals surface area contributed by atoms with Gasteiger partial charge in [0.2, 0.25) is 0 Å². The Morgan fingerprint density at radius 3 is 2.67 bits per heavy atom. The first-order valence-corrected chi connectivity index (χ1v) is 3.16. The van der Waals surface area contributed by atoms with E-state index in [2.05, 4.69) is 9.64 Å². The molecule has 2 N–H and O–H groups in total. The minimum Gasteiger partial charge on any atom is -0.511 e. The van der Waals surface area contributed by atoms with Crippen molar-refractivity contribution in [3.63, 3.8) is 0 Å². The van der Waals surface area contributed by atoms with Crippen molar-refractivity contribution in [2.24, 2.45) is 0 Å². The fourth-order valence-electron chi connectivity index (χ4n) is 0.653. The van der Waals surface area contributed by atoms with Crippen molar-refractivity contribution >= 4 is 13.6 Å². The van der Waals surface area contributed by atoms with Crippen LogP contribution in [-0.4, -0.2) is 28.6 Å². The van der Waals surface area contributed by atoms with E-state index in [-0.39, 0.29) is 11.4 Å². The molecule has 1 rings (SSSR count). The van der Waals surface area contributed by atoms with Crippen LogP contribution in [0, 0.1) is 0 Å². The van der Waals surface area contributed by atoms with Crippen molar-refractivity contribution in [3.05, 3.63) is 24.0 Å². The van der Waals surface area contributed by atoms with Gasteiger partial charge in [-0.15, -0.1) is 0 Å². The Kier molecular flexibility index (Phi) is 2.79. The Morgan fingerprint density at radius 2 is 2.25 bits per heavy atom. The smallest absolute Gasteiger partial charge is 0.511 e. The summed E-state index contributed by atoms with van der Waals surface area (Å²) in [5.74, 6) is 0.190. The van der Waals surface area contributed by atoms with Crippen LogP contribution in [0.1, 0.15) is 10.5 Å². The Bertz CT molecular complexity index is 261. The summed E-state index contributed by atoms with van der Waals surface area (Å²) in [4.78, 5) is 13.8. The van der Waals surface area contributed by atoms with E-state index in [0.717, 1.165) is 0 Å². The molecule has 0 amide bonds. The number of aromatic nitrogens is 1. The maximum absolute atomic E-state index is 10.1. The minimum atomic E-state index is -1.87. The summed E-state index contributed by atoms with van der Waals surface area (Å²) >= 11 is 0. The van der Waals surface area contributed by atoms with E-state index in [1.165, 1.54) is 18.3 Å². The Labute approximate surface area is 68.8 Å². The van der Waals surface area contributed by atoms with Crippen molar-refractivity contribution < 1.29 is 19.5 Å². The second kappa shape index (κ2) is 3.84. The number of hydrogen-bond donors (Lipinski definition) is 2. The molecule has 0 aliphatic heterocycles. The van der Waals surface area contributed by atoms with Crippen LogP contribution in [-0.2, 0) is 0 Å². The van der Waals surface area contributed by atoms with Gasteiger partial charge in [0.15, 0.2) is 6.29 Å². The van der Waals surface area contributed by atoms with Gasteiger partial charge >= 0.3 is 7.32 Å². The highest BCUT2D eigenvalue weighted by molar-refractivity contribution is 6.33. The molecule has 0 saturated heterocycles. The molecule has 0 saturated carbocycles. The lowest BCUT2D eigenvalue weighted by Gasteiger charge is -2.02. The van der Waals surface area contributed by atoms with Gasteiger partial charge in [0.1, 0.15) is 11.4 Å². The largest absolute Gasteiger partial charge is 0.707 e. The van der Waals surface area contributed by atoms with E-state index in [0.29, 0.717) is 6.29 Å². The maximum Gasteiger partial charge on any atom is 0.707 e. The second-order valence-electron chi connectivity index (χ2n) is 1.98. The summed E-state index contributed by atoms with van der Waals surface area (Å²) in [5.41, 5.74) is 0.259. The monoisotopic (exact) mass is 167 g/mol. The van der Waals surface area contributed by atoms with Gasteiger partial charge in [-0.3, -0.25) is 4.79 Å². The molecular weight excluding hydrogens is 161 g/mol. The van der Waals surface area contributed by atoms with Gasteiger partial charge in [-0.05, 0) is 12.1 Å². The quantitative estimate of drug-likeness (QED) is 0.456. The van der Waals surface area contributed by atoms with Crippen molar-refractivity contribution in [1.82, 2.24) is 4.98 Å². The van der Waals surface area contributed by atoms with Gasteiger partial charge in [-0.25, -0.2) is 4.98 Å². The molecule has 0 bridgehead atoms. The van der Waals surface area contributed by atoms with E-state index in [1.54, 1.807) is 0 Å². The van der Waals surface area contributed by atoms with Gasteiger partial charge in [-0.1, -0.05) is 0 Å².